The monoisotopic (exact) mass is 556 g/mol. The van der Waals surface area contributed by atoms with E-state index in [1.165, 1.54) is 109 Å². The second kappa shape index (κ2) is 8.56. The van der Waals surface area contributed by atoms with Crippen LogP contribution in [0.2, 0.25) is 0 Å². The molecule has 0 atom stereocenters. The lowest BCUT2D eigenvalue weighted by Gasteiger charge is -2.19. The topological polar surface area (TPSA) is 0 Å². The first-order valence-electron chi connectivity index (χ1n) is 15.5. The summed E-state index contributed by atoms with van der Waals surface area (Å²) < 4.78 is 0. The zero-order chi connectivity index (χ0) is 29.1. The molecule has 204 valence electrons. The molecule has 0 N–H and O–H groups in total. The summed E-state index contributed by atoms with van der Waals surface area (Å²) in [6.07, 6.45) is 0. The van der Waals surface area contributed by atoms with Gasteiger partial charge in [0.1, 0.15) is 0 Å². The average Bonchev–Trinajstić information content (AvgIpc) is 3.56. The predicted molar refractivity (Wildman–Crippen MR) is 192 cm³/mol. The van der Waals surface area contributed by atoms with Gasteiger partial charge in [0, 0.05) is 0 Å². The number of fused-ring (bicyclic) bond motifs is 8. The third kappa shape index (κ3) is 3.02. The maximum Gasteiger partial charge on any atom is -0.000719 e. The minimum Gasteiger partial charge on any atom is -0.0616 e. The van der Waals surface area contributed by atoms with Gasteiger partial charge in [0.05, 0.1) is 0 Å². The molecule has 10 rings (SSSR count). The molecule has 0 heteroatoms. The fraction of sp³-hybridized carbons (Fsp3) is 0.0455. The standard InChI is InChI=1S/C44H28/c1-25-16-20-28(21-17-25)39-37-24-36-31-11-4-3-10-30(31)32-12-7-15-35(41(32)36)42(37)40(29-22-18-26(2)19-23-29)44-34-14-6-9-27-8-5-13-33(38(27)34)43(39)44/h3-24H,1-2H3. The van der Waals surface area contributed by atoms with Crippen molar-refractivity contribution in [1.82, 2.24) is 0 Å². The maximum atomic E-state index is 2.52. The molecule has 0 bridgehead atoms. The maximum absolute atomic E-state index is 2.52. The van der Waals surface area contributed by atoms with Crippen LogP contribution in [-0.2, 0) is 0 Å². The minimum atomic E-state index is 1.27. The second-order valence-corrected chi connectivity index (χ2v) is 12.6. The normalized spacial score (nSPS) is 12.3. The lowest BCUT2D eigenvalue weighted by molar-refractivity contribution is 1.47. The van der Waals surface area contributed by atoms with Gasteiger partial charge in [0.25, 0.3) is 0 Å². The van der Waals surface area contributed by atoms with E-state index in [0.29, 0.717) is 0 Å². The summed E-state index contributed by atoms with van der Waals surface area (Å²) >= 11 is 0. The van der Waals surface area contributed by atoms with Gasteiger partial charge in [-0.2, -0.15) is 0 Å². The molecule has 0 radical (unpaired) electrons. The van der Waals surface area contributed by atoms with Crippen molar-refractivity contribution >= 4 is 75.4 Å². The van der Waals surface area contributed by atoms with E-state index in [0.717, 1.165) is 0 Å². The molecule has 0 aliphatic carbocycles. The molecule has 0 saturated heterocycles. The van der Waals surface area contributed by atoms with E-state index in [2.05, 4.69) is 147 Å². The van der Waals surface area contributed by atoms with Crippen molar-refractivity contribution in [3.05, 3.63) is 145 Å². The van der Waals surface area contributed by atoms with E-state index in [4.69, 9.17) is 0 Å². The van der Waals surface area contributed by atoms with Crippen molar-refractivity contribution in [3.8, 4) is 22.3 Å². The highest BCUT2D eigenvalue weighted by Crippen LogP contribution is 2.54. The summed E-state index contributed by atoms with van der Waals surface area (Å²) in [7, 11) is 0. The molecule has 0 aliphatic rings. The van der Waals surface area contributed by atoms with Gasteiger partial charge in [0.2, 0.25) is 0 Å². The van der Waals surface area contributed by atoms with Crippen LogP contribution in [0.3, 0.4) is 0 Å². The van der Waals surface area contributed by atoms with E-state index in [1.54, 1.807) is 0 Å². The largest absolute Gasteiger partial charge is 0.0616 e. The second-order valence-electron chi connectivity index (χ2n) is 12.6. The molecule has 0 saturated carbocycles. The Kier molecular flexibility index (Phi) is 4.67. The molecular formula is C44H28. The molecule has 10 aromatic rings. The quantitative estimate of drug-likeness (QED) is 0.186. The van der Waals surface area contributed by atoms with Crippen LogP contribution in [0.4, 0.5) is 0 Å². The highest BCUT2D eigenvalue weighted by atomic mass is 14.3. The van der Waals surface area contributed by atoms with Crippen LogP contribution in [0.15, 0.2) is 133 Å². The van der Waals surface area contributed by atoms with Gasteiger partial charge < -0.3 is 0 Å². The zero-order valence-electron chi connectivity index (χ0n) is 24.7. The van der Waals surface area contributed by atoms with Crippen molar-refractivity contribution in [2.24, 2.45) is 0 Å². The summed E-state index contributed by atoms with van der Waals surface area (Å²) in [5, 5.41) is 18.8. The number of benzene rings is 8. The van der Waals surface area contributed by atoms with Crippen molar-refractivity contribution in [2.45, 2.75) is 13.8 Å². The van der Waals surface area contributed by atoms with E-state index < -0.39 is 0 Å². The molecule has 0 heterocycles. The Balaban J connectivity index is 1.59. The van der Waals surface area contributed by atoms with Gasteiger partial charge in [-0.1, -0.05) is 139 Å². The Morgan fingerprint density at radius 2 is 0.773 bits per heavy atom. The Bertz CT molecular complexity index is 2740. The van der Waals surface area contributed by atoms with Crippen molar-refractivity contribution in [2.75, 3.05) is 0 Å². The number of aryl methyl sites for hydroxylation is 2. The number of hydrogen-bond acceptors (Lipinski definition) is 0. The molecule has 0 amide bonds. The van der Waals surface area contributed by atoms with Gasteiger partial charge in [0.15, 0.2) is 0 Å². The van der Waals surface area contributed by atoms with Crippen molar-refractivity contribution in [1.29, 1.82) is 0 Å². The highest BCUT2D eigenvalue weighted by Gasteiger charge is 2.26. The van der Waals surface area contributed by atoms with Gasteiger partial charge in [-0.3, -0.25) is 0 Å². The zero-order valence-corrected chi connectivity index (χ0v) is 24.7. The summed E-state index contributed by atoms with van der Waals surface area (Å²) in [6.45, 7) is 4.35. The molecule has 0 aliphatic heterocycles. The first kappa shape index (κ1) is 24.0. The summed E-state index contributed by atoms with van der Waals surface area (Å²) in [5.41, 5.74) is 7.77. The average molecular weight is 557 g/mol. The first-order valence-corrected chi connectivity index (χ1v) is 15.5. The van der Waals surface area contributed by atoms with Crippen LogP contribution in [0.1, 0.15) is 11.1 Å². The Morgan fingerprint density at radius 3 is 1.41 bits per heavy atom. The summed E-state index contributed by atoms with van der Waals surface area (Å²) in [5.74, 6) is 0. The Morgan fingerprint density at radius 1 is 0.295 bits per heavy atom. The molecule has 0 spiro atoms. The number of rotatable bonds is 2. The highest BCUT2D eigenvalue weighted by molar-refractivity contribution is 6.44. The lowest BCUT2D eigenvalue weighted by atomic mass is 9.83. The summed E-state index contributed by atoms with van der Waals surface area (Å²) in [4.78, 5) is 0. The molecular weight excluding hydrogens is 528 g/mol. The molecule has 0 aromatic heterocycles. The fourth-order valence-electron chi connectivity index (χ4n) is 8.18. The lowest BCUT2D eigenvalue weighted by Crippen LogP contribution is -1.91. The van der Waals surface area contributed by atoms with Crippen molar-refractivity contribution < 1.29 is 0 Å². The van der Waals surface area contributed by atoms with Crippen LogP contribution in [0.25, 0.3) is 97.7 Å². The van der Waals surface area contributed by atoms with Gasteiger partial charge in [-0.15, -0.1) is 0 Å². The smallest absolute Gasteiger partial charge is 0.000719 e. The first-order chi connectivity index (χ1) is 21.7. The molecule has 0 unspecified atom stereocenters. The molecule has 0 fully saturated rings. The Hall–Kier alpha value is -5.46. The SMILES string of the molecule is Cc1ccc(-c2c3cc4c5ccccc5c5cccc(c3c(-c3ccc(C)cc3)c3c6cccc7cccc(c23)c76)c54)cc1. The van der Waals surface area contributed by atoms with E-state index in [9.17, 15) is 0 Å². The third-order valence-electron chi connectivity index (χ3n) is 10.1. The minimum absolute atomic E-state index is 1.27. The van der Waals surface area contributed by atoms with Crippen LogP contribution >= 0.6 is 0 Å². The van der Waals surface area contributed by atoms with E-state index in [1.807, 2.05) is 0 Å². The van der Waals surface area contributed by atoms with Crippen LogP contribution in [0.5, 0.6) is 0 Å². The van der Waals surface area contributed by atoms with Crippen LogP contribution in [0, 0.1) is 13.8 Å². The number of hydrogen-bond donors (Lipinski definition) is 0. The Labute approximate surface area is 255 Å². The van der Waals surface area contributed by atoms with E-state index in [-0.39, 0.29) is 0 Å². The third-order valence-corrected chi connectivity index (χ3v) is 10.1. The van der Waals surface area contributed by atoms with Gasteiger partial charge in [-0.25, -0.2) is 0 Å². The predicted octanol–water partition coefficient (Wildman–Crippen LogP) is 12.6. The van der Waals surface area contributed by atoms with Crippen LogP contribution < -0.4 is 0 Å². The van der Waals surface area contributed by atoms with Crippen molar-refractivity contribution in [3.63, 3.8) is 0 Å². The van der Waals surface area contributed by atoms with Gasteiger partial charge in [-0.05, 0) is 118 Å². The van der Waals surface area contributed by atoms with Crippen LogP contribution in [-0.4, -0.2) is 0 Å². The van der Waals surface area contributed by atoms with E-state index >= 15 is 0 Å². The fourth-order valence-corrected chi connectivity index (χ4v) is 8.18. The molecule has 0 nitrogen and oxygen atoms in total. The molecule has 10 aromatic carbocycles. The van der Waals surface area contributed by atoms with Gasteiger partial charge >= 0.3 is 0 Å². The molecule has 44 heavy (non-hydrogen) atoms. The summed E-state index contributed by atoms with van der Waals surface area (Å²) in [6, 6.07) is 50.4.